The van der Waals surface area contributed by atoms with Gasteiger partial charge in [0, 0.05) is 57.5 Å². The summed E-state index contributed by atoms with van der Waals surface area (Å²) in [5.41, 5.74) is -5.51. The predicted octanol–water partition coefficient (Wildman–Crippen LogP) is 3.51. The summed E-state index contributed by atoms with van der Waals surface area (Å²) in [4.78, 5) is 127. The molecule has 79 heavy (non-hydrogen) atoms. The molecule has 0 aromatic rings. The fraction of sp³-hybridized carbons (Fsp3) is 0.845. The van der Waals surface area contributed by atoms with Crippen LogP contribution in [0.2, 0.25) is 0 Å². The Kier molecular flexibility index (Phi) is 31.0. The molecular weight excluding hydrogens is 1010 g/mol. The predicted molar refractivity (Wildman–Crippen MR) is 308 cm³/mol. The molecule has 1 rings (SSSR count). The molecule has 0 aromatic carbocycles. The first kappa shape index (κ1) is 72.3. The first-order valence-electron chi connectivity index (χ1n) is 29.4. The van der Waals surface area contributed by atoms with Crippen molar-refractivity contribution in [2.75, 3.05) is 39.8 Å². The summed E-state index contributed by atoms with van der Waals surface area (Å²) in [6, 6.07) is -3.98. The second-order valence-electron chi connectivity index (χ2n) is 24.6. The van der Waals surface area contributed by atoms with Gasteiger partial charge in [-0.2, -0.15) is 0 Å². The van der Waals surface area contributed by atoms with Gasteiger partial charge in [0.25, 0.3) is 0 Å². The molecule has 0 aromatic heterocycles. The molecule has 456 valence electrons. The molecule has 1 saturated heterocycles. The van der Waals surface area contributed by atoms with Crippen LogP contribution in [0.3, 0.4) is 0 Å². The van der Waals surface area contributed by atoms with Crippen LogP contribution >= 0.6 is 0 Å². The number of ketones is 1. The zero-order valence-electron chi connectivity index (χ0n) is 51.6. The van der Waals surface area contributed by atoms with Gasteiger partial charge in [0.2, 0.25) is 47.3 Å². The minimum atomic E-state index is -1.51. The van der Waals surface area contributed by atoms with Crippen LogP contribution in [0.25, 0.3) is 0 Å². The van der Waals surface area contributed by atoms with E-state index >= 15 is 0 Å². The molecule has 0 spiro atoms. The minimum absolute atomic E-state index is 0.0208. The number of carbonyl (C=O) groups excluding carboxylic acids is 9. The average Bonchev–Trinajstić information content (AvgIpc) is 3.77. The monoisotopic (exact) mass is 1120 g/mol. The Hall–Kier alpha value is -4.73. The Morgan fingerprint density at radius 3 is 1.84 bits per heavy atom. The number of likely N-dealkylation sites (N-methyl/N-ethyl adjacent to an activating group) is 1. The molecule has 21 heteroatoms. The lowest BCUT2D eigenvalue weighted by Crippen LogP contribution is -2.65. The molecule has 1 aliphatic rings. The van der Waals surface area contributed by atoms with Gasteiger partial charge in [-0.1, -0.05) is 87.0 Å². The fourth-order valence-electron chi connectivity index (χ4n) is 9.65. The van der Waals surface area contributed by atoms with Gasteiger partial charge in [0.05, 0.1) is 18.8 Å². The van der Waals surface area contributed by atoms with Crippen molar-refractivity contribution in [3.8, 4) is 0 Å². The first-order valence-corrected chi connectivity index (χ1v) is 29.4. The molecule has 0 radical (unpaired) electrons. The second kappa shape index (κ2) is 33.9. The highest BCUT2D eigenvalue weighted by molar-refractivity contribution is 5.98. The van der Waals surface area contributed by atoms with Gasteiger partial charge in [0.15, 0.2) is 0 Å². The van der Waals surface area contributed by atoms with Gasteiger partial charge >= 0.3 is 0 Å². The Labute approximate surface area is 473 Å². The number of Topliss-reactive ketones (excluding diaryl/α,β-unsaturated/α-hetero) is 1. The maximum atomic E-state index is 14.2. The summed E-state index contributed by atoms with van der Waals surface area (Å²) in [5.74, 6) is -4.76. The summed E-state index contributed by atoms with van der Waals surface area (Å²) in [7, 11) is 1.82. The molecule has 10 atom stereocenters. The molecule has 21 nitrogen and oxygen atoms in total. The van der Waals surface area contributed by atoms with Crippen LogP contribution in [0.4, 0.5) is 0 Å². The summed E-state index contributed by atoms with van der Waals surface area (Å²) in [5, 5.41) is 43.3. The number of aliphatic hydroxyl groups is 2. The second-order valence-corrected chi connectivity index (χ2v) is 24.6. The topological polar surface area (TPSA) is 297 Å². The SMILES string of the molecule is CCCCCCCC(=O)N1CCCC1(C)C(=O)NC(CC(C)CC(O)CC(=O)CC)C(=O)NC(C)C(=O)NC(C)(C)C(=O)NC(CNC(C(=O)NC(C)(C)C(=O)NC(C)(C)C(=O)NC(C)CN(C)CCO)C(C)CC)C(C)CC. The molecule has 10 unspecified atom stereocenters. The number of nitrogens with zero attached hydrogens (tertiary/aromatic N) is 2. The lowest BCUT2D eigenvalue weighted by Gasteiger charge is -2.36. The molecule has 10 N–H and O–H groups in total. The van der Waals surface area contributed by atoms with Crippen molar-refractivity contribution in [2.24, 2.45) is 17.8 Å². The van der Waals surface area contributed by atoms with Crippen molar-refractivity contribution in [3.63, 3.8) is 0 Å². The van der Waals surface area contributed by atoms with Crippen molar-refractivity contribution >= 4 is 53.0 Å². The Bertz CT molecular complexity index is 2000. The first-order chi connectivity index (χ1) is 36.7. The van der Waals surface area contributed by atoms with Gasteiger partial charge in [-0.25, -0.2) is 0 Å². The molecule has 1 aliphatic heterocycles. The minimum Gasteiger partial charge on any atom is -0.395 e. The standard InChI is InChI=1S/C58H108N10O11/c1-18-22-23-24-25-27-46(72)68-29-26-28-58(68,16)54(79)62-44(33-37(5)32-43(71)34-42(70)21-4)49(74)61-41(9)48(73)64-55(10,11)52(77)63-45(38(6)19-2)35-59-47(39(7)20-3)50(75)65-57(14,15)53(78)66-56(12,13)51(76)60-40(8)36-67(17)30-31-69/h37-41,43-45,47,59,69,71H,18-36H2,1-17H3,(H,60,76)(H,61,74)(H,62,79)(H,63,77)(H,64,73)(H,65,75)(H,66,78). The van der Waals surface area contributed by atoms with E-state index in [1.807, 2.05) is 46.6 Å². The quantitative estimate of drug-likeness (QED) is 0.0397. The van der Waals surface area contributed by atoms with Crippen LogP contribution in [0, 0.1) is 17.8 Å². The Balaban J connectivity index is 3.23. The van der Waals surface area contributed by atoms with E-state index in [1.54, 1.807) is 53.4 Å². The normalized spacial score (nSPS) is 18.4. The largest absolute Gasteiger partial charge is 0.395 e. The van der Waals surface area contributed by atoms with E-state index in [-0.39, 0.29) is 74.3 Å². The number of hydrogen-bond donors (Lipinski definition) is 10. The third-order valence-electron chi connectivity index (χ3n) is 15.6. The van der Waals surface area contributed by atoms with Crippen LogP contribution < -0.4 is 42.5 Å². The highest BCUT2D eigenvalue weighted by Gasteiger charge is 2.47. The molecular formula is C58H108N10O11. The van der Waals surface area contributed by atoms with E-state index in [0.29, 0.717) is 58.2 Å². The summed E-state index contributed by atoms with van der Waals surface area (Å²) in [6.07, 6.45) is 6.89. The van der Waals surface area contributed by atoms with Crippen LogP contribution in [-0.4, -0.2) is 171 Å². The van der Waals surface area contributed by atoms with E-state index in [9.17, 15) is 53.4 Å². The zero-order valence-corrected chi connectivity index (χ0v) is 51.6. The fourth-order valence-corrected chi connectivity index (χ4v) is 9.65. The van der Waals surface area contributed by atoms with Crippen molar-refractivity contribution in [1.29, 1.82) is 0 Å². The number of rotatable bonds is 38. The summed E-state index contributed by atoms with van der Waals surface area (Å²) in [6.45, 7) is 29.1. The maximum Gasteiger partial charge on any atom is 0.246 e. The van der Waals surface area contributed by atoms with Gasteiger partial charge in [-0.15, -0.1) is 0 Å². The zero-order chi connectivity index (χ0) is 60.6. The number of likely N-dealkylation sites (tertiary alicyclic amines) is 1. The molecule has 0 aliphatic carbocycles. The highest BCUT2D eigenvalue weighted by atomic mass is 16.3. The van der Waals surface area contributed by atoms with E-state index in [0.717, 1.165) is 25.7 Å². The molecule has 0 saturated carbocycles. The van der Waals surface area contributed by atoms with E-state index in [1.165, 1.54) is 20.8 Å². The maximum absolute atomic E-state index is 14.2. The summed E-state index contributed by atoms with van der Waals surface area (Å²) >= 11 is 0. The third-order valence-corrected chi connectivity index (χ3v) is 15.6. The van der Waals surface area contributed by atoms with Crippen LogP contribution in [0.1, 0.15) is 201 Å². The smallest absolute Gasteiger partial charge is 0.246 e. The van der Waals surface area contributed by atoms with Crippen molar-refractivity contribution in [2.45, 2.75) is 259 Å². The van der Waals surface area contributed by atoms with E-state index in [4.69, 9.17) is 0 Å². The van der Waals surface area contributed by atoms with Gasteiger partial charge in [-0.05, 0) is 119 Å². The number of carbonyl (C=O) groups is 9. The molecule has 0 bridgehead atoms. The number of hydrogen-bond acceptors (Lipinski definition) is 13. The number of aliphatic hydroxyl groups excluding tert-OH is 2. The van der Waals surface area contributed by atoms with Crippen molar-refractivity contribution in [3.05, 3.63) is 0 Å². The van der Waals surface area contributed by atoms with Crippen LogP contribution in [0.15, 0.2) is 0 Å². The molecule has 1 fully saturated rings. The summed E-state index contributed by atoms with van der Waals surface area (Å²) < 4.78 is 0. The van der Waals surface area contributed by atoms with Crippen LogP contribution in [-0.2, 0) is 43.2 Å². The highest BCUT2D eigenvalue weighted by Crippen LogP contribution is 2.31. The molecule has 1 heterocycles. The number of amides is 8. The Morgan fingerprint density at radius 1 is 0.684 bits per heavy atom. The van der Waals surface area contributed by atoms with Crippen LogP contribution in [0.5, 0.6) is 0 Å². The average molecular weight is 1120 g/mol. The van der Waals surface area contributed by atoms with Crippen molar-refractivity contribution < 1.29 is 53.4 Å². The number of unbranched alkanes of at least 4 members (excludes halogenated alkanes) is 4. The Morgan fingerprint density at radius 2 is 1.25 bits per heavy atom. The number of nitrogens with one attached hydrogen (secondary N) is 8. The molecule has 8 amide bonds. The lowest BCUT2D eigenvalue weighted by molar-refractivity contribution is -0.145. The van der Waals surface area contributed by atoms with Gasteiger partial charge in [0.1, 0.15) is 40.0 Å². The van der Waals surface area contributed by atoms with E-state index in [2.05, 4.69) is 49.5 Å². The van der Waals surface area contributed by atoms with E-state index < -0.39 is 93.8 Å². The van der Waals surface area contributed by atoms with Gasteiger partial charge in [-0.3, -0.25) is 43.2 Å². The lowest BCUT2D eigenvalue weighted by atomic mass is 9.91. The van der Waals surface area contributed by atoms with Crippen molar-refractivity contribution in [1.82, 2.24) is 52.3 Å². The van der Waals surface area contributed by atoms with Gasteiger partial charge < -0.3 is 62.5 Å². The third kappa shape index (κ3) is 24.1.